The fourth-order valence-corrected chi connectivity index (χ4v) is 2.45. The van der Waals surface area contributed by atoms with Crippen molar-refractivity contribution in [3.8, 4) is 0 Å². The molecule has 0 aliphatic carbocycles. The molecule has 0 heterocycles. The number of hydrogen-bond acceptors (Lipinski definition) is 2. The molecule has 1 unspecified atom stereocenters. The van der Waals surface area contributed by atoms with Crippen LogP contribution in [0.25, 0.3) is 0 Å². The molecule has 2 heteroatoms. The highest BCUT2D eigenvalue weighted by molar-refractivity contribution is 5.46. The monoisotopic (exact) mass is 268 g/mol. The Morgan fingerprint density at radius 1 is 1.00 bits per heavy atom. The minimum atomic E-state index is 0.354. The molecule has 0 aliphatic rings. The van der Waals surface area contributed by atoms with Gasteiger partial charge in [0, 0.05) is 25.8 Å². The van der Waals surface area contributed by atoms with Gasteiger partial charge in [0.25, 0.3) is 0 Å². The van der Waals surface area contributed by atoms with Gasteiger partial charge in [-0.25, -0.2) is 0 Å². The van der Waals surface area contributed by atoms with E-state index in [1.165, 1.54) is 22.4 Å². The van der Waals surface area contributed by atoms with Crippen molar-refractivity contribution in [2.75, 3.05) is 26.0 Å². The number of nitrogens with zero attached hydrogens (tertiary/aromatic N) is 1. The molecule has 0 saturated carbocycles. The molecule has 2 aromatic carbocycles. The SMILES string of the molecule is CNC(Cc1ccccc1C)c1ccc(N(C)C)cc1. The second-order valence-electron chi connectivity index (χ2n) is 5.46. The first-order valence-corrected chi connectivity index (χ1v) is 7.11. The highest BCUT2D eigenvalue weighted by atomic mass is 15.1. The Morgan fingerprint density at radius 3 is 2.20 bits per heavy atom. The van der Waals surface area contributed by atoms with Gasteiger partial charge in [0.15, 0.2) is 0 Å². The second kappa shape index (κ2) is 6.58. The number of hydrogen-bond donors (Lipinski definition) is 1. The minimum Gasteiger partial charge on any atom is -0.378 e. The molecular weight excluding hydrogens is 244 g/mol. The van der Waals surface area contributed by atoms with E-state index in [1.807, 2.05) is 7.05 Å². The normalized spacial score (nSPS) is 12.2. The van der Waals surface area contributed by atoms with Crippen LogP contribution in [0.5, 0.6) is 0 Å². The molecule has 0 radical (unpaired) electrons. The zero-order valence-electron chi connectivity index (χ0n) is 12.9. The smallest absolute Gasteiger partial charge is 0.0361 e. The topological polar surface area (TPSA) is 15.3 Å². The quantitative estimate of drug-likeness (QED) is 0.892. The van der Waals surface area contributed by atoms with Gasteiger partial charge in [-0.05, 0) is 49.2 Å². The summed E-state index contributed by atoms with van der Waals surface area (Å²) in [5.41, 5.74) is 5.34. The second-order valence-corrected chi connectivity index (χ2v) is 5.46. The van der Waals surface area contributed by atoms with E-state index < -0.39 is 0 Å². The predicted molar refractivity (Wildman–Crippen MR) is 87.5 cm³/mol. The molecule has 1 N–H and O–H groups in total. The highest BCUT2D eigenvalue weighted by Gasteiger charge is 2.11. The summed E-state index contributed by atoms with van der Waals surface area (Å²) in [6.07, 6.45) is 1.02. The number of anilines is 1. The van der Waals surface area contributed by atoms with Crippen molar-refractivity contribution >= 4 is 5.69 Å². The minimum absolute atomic E-state index is 0.354. The molecule has 0 aliphatic heterocycles. The third-order valence-electron chi connectivity index (χ3n) is 3.85. The van der Waals surface area contributed by atoms with Crippen molar-refractivity contribution in [1.29, 1.82) is 0 Å². The maximum absolute atomic E-state index is 3.43. The maximum Gasteiger partial charge on any atom is 0.0361 e. The van der Waals surface area contributed by atoms with Gasteiger partial charge in [-0.1, -0.05) is 36.4 Å². The first kappa shape index (κ1) is 14.6. The van der Waals surface area contributed by atoms with E-state index >= 15 is 0 Å². The van der Waals surface area contributed by atoms with Crippen LogP contribution in [0.4, 0.5) is 5.69 Å². The Labute approximate surface area is 122 Å². The van der Waals surface area contributed by atoms with Crippen molar-refractivity contribution in [3.05, 3.63) is 65.2 Å². The summed E-state index contributed by atoms with van der Waals surface area (Å²) in [5.74, 6) is 0. The predicted octanol–water partition coefficient (Wildman–Crippen LogP) is 3.56. The van der Waals surface area contributed by atoms with Gasteiger partial charge < -0.3 is 10.2 Å². The number of benzene rings is 2. The van der Waals surface area contributed by atoms with Crippen LogP contribution in [0.2, 0.25) is 0 Å². The van der Waals surface area contributed by atoms with Crippen molar-refractivity contribution in [2.24, 2.45) is 0 Å². The summed E-state index contributed by atoms with van der Waals surface area (Å²) in [4.78, 5) is 2.12. The number of likely N-dealkylation sites (N-methyl/N-ethyl adjacent to an activating group) is 1. The largest absolute Gasteiger partial charge is 0.378 e. The molecule has 1 atom stereocenters. The fraction of sp³-hybridized carbons (Fsp3) is 0.333. The standard InChI is InChI=1S/C18H24N2/c1-14-7-5-6-8-16(14)13-18(19-2)15-9-11-17(12-10-15)20(3)4/h5-12,18-19H,13H2,1-4H3. The molecular formula is C18H24N2. The Bertz CT molecular complexity index is 544. The third-order valence-corrected chi connectivity index (χ3v) is 3.85. The zero-order valence-corrected chi connectivity index (χ0v) is 12.9. The lowest BCUT2D eigenvalue weighted by Crippen LogP contribution is -2.19. The average molecular weight is 268 g/mol. The Hall–Kier alpha value is -1.80. The molecule has 0 spiro atoms. The van der Waals surface area contributed by atoms with E-state index in [1.54, 1.807) is 0 Å². The maximum atomic E-state index is 3.43. The van der Waals surface area contributed by atoms with E-state index in [-0.39, 0.29) is 0 Å². The molecule has 0 bridgehead atoms. The van der Waals surface area contributed by atoms with Crippen LogP contribution < -0.4 is 10.2 Å². The summed E-state index contributed by atoms with van der Waals surface area (Å²) in [5, 5.41) is 3.43. The lowest BCUT2D eigenvalue weighted by Gasteiger charge is -2.19. The Kier molecular flexibility index (Phi) is 4.80. The lowest BCUT2D eigenvalue weighted by atomic mass is 9.96. The first-order valence-electron chi connectivity index (χ1n) is 7.11. The van der Waals surface area contributed by atoms with Crippen molar-refractivity contribution in [3.63, 3.8) is 0 Å². The Morgan fingerprint density at radius 2 is 1.65 bits per heavy atom. The number of nitrogens with one attached hydrogen (secondary N) is 1. The van der Waals surface area contributed by atoms with E-state index in [0.29, 0.717) is 6.04 Å². The van der Waals surface area contributed by atoms with Crippen LogP contribution in [0.15, 0.2) is 48.5 Å². The van der Waals surface area contributed by atoms with Crippen molar-refractivity contribution in [2.45, 2.75) is 19.4 Å². The van der Waals surface area contributed by atoms with Gasteiger partial charge in [0.1, 0.15) is 0 Å². The van der Waals surface area contributed by atoms with Gasteiger partial charge in [-0.3, -0.25) is 0 Å². The molecule has 0 saturated heterocycles. The molecule has 106 valence electrons. The third kappa shape index (κ3) is 3.40. The van der Waals surface area contributed by atoms with Crippen LogP contribution in [-0.4, -0.2) is 21.1 Å². The van der Waals surface area contributed by atoms with Gasteiger partial charge >= 0.3 is 0 Å². The van der Waals surface area contributed by atoms with Crippen molar-refractivity contribution in [1.82, 2.24) is 5.32 Å². The van der Waals surface area contributed by atoms with Crippen LogP contribution in [0.3, 0.4) is 0 Å². The number of aryl methyl sites for hydroxylation is 1. The van der Waals surface area contributed by atoms with Crippen LogP contribution in [-0.2, 0) is 6.42 Å². The van der Waals surface area contributed by atoms with E-state index in [4.69, 9.17) is 0 Å². The molecule has 20 heavy (non-hydrogen) atoms. The van der Waals surface area contributed by atoms with Crippen LogP contribution in [0.1, 0.15) is 22.7 Å². The fourth-order valence-electron chi connectivity index (χ4n) is 2.45. The van der Waals surface area contributed by atoms with Crippen LogP contribution >= 0.6 is 0 Å². The van der Waals surface area contributed by atoms with E-state index in [2.05, 4.69) is 79.8 Å². The summed E-state index contributed by atoms with van der Waals surface area (Å²) in [7, 11) is 6.17. The molecule has 0 amide bonds. The molecule has 0 fully saturated rings. The summed E-state index contributed by atoms with van der Waals surface area (Å²) < 4.78 is 0. The zero-order chi connectivity index (χ0) is 14.5. The van der Waals surface area contributed by atoms with Gasteiger partial charge in [0.05, 0.1) is 0 Å². The lowest BCUT2D eigenvalue weighted by molar-refractivity contribution is 0.590. The van der Waals surface area contributed by atoms with Gasteiger partial charge in [0.2, 0.25) is 0 Å². The van der Waals surface area contributed by atoms with Gasteiger partial charge in [-0.15, -0.1) is 0 Å². The molecule has 2 rings (SSSR count). The van der Waals surface area contributed by atoms with Crippen LogP contribution in [0, 0.1) is 6.92 Å². The molecule has 2 aromatic rings. The van der Waals surface area contributed by atoms with Gasteiger partial charge in [-0.2, -0.15) is 0 Å². The number of rotatable bonds is 5. The Balaban J connectivity index is 2.18. The summed E-state index contributed by atoms with van der Waals surface area (Å²) in [6.45, 7) is 2.18. The summed E-state index contributed by atoms with van der Waals surface area (Å²) >= 11 is 0. The van der Waals surface area contributed by atoms with E-state index in [9.17, 15) is 0 Å². The average Bonchev–Trinajstić information content (AvgIpc) is 2.46. The van der Waals surface area contributed by atoms with Crippen molar-refractivity contribution < 1.29 is 0 Å². The van der Waals surface area contributed by atoms with E-state index in [0.717, 1.165) is 6.42 Å². The molecule has 2 nitrogen and oxygen atoms in total. The highest BCUT2D eigenvalue weighted by Crippen LogP contribution is 2.22. The first-order chi connectivity index (χ1) is 9.61. The summed E-state index contributed by atoms with van der Waals surface area (Å²) in [6, 6.07) is 17.7. The molecule has 0 aromatic heterocycles.